The van der Waals surface area contributed by atoms with E-state index in [1.807, 2.05) is 7.11 Å². The summed E-state index contributed by atoms with van der Waals surface area (Å²) >= 11 is 0. The maximum absolute atomic E-state index is 6.08. The van der Waals surface area contributed by atoms with Crippen molar-refractivity contribution in [1.29, 1.82) is 0 Å². The number of rotatable bonds is 5. The molecular weight excluding hydrogens is 258 g/mol. The predicted molar refractivity (Wildman–Crippen MR) is 87.7 cm³/mol. The van der Waals surface area contributed by atoms with Crippen LogP contribution in [0.25, 0.3) is 0 Å². The molecule has 0 radical (unpaired) electrons. The Bertz CT molecular complexity index is 476. The molecule has 1 fully saturated rings. The normalized spacial score (nSPS) is 33.1. The molecular formula is C19H29NO. The SMILES string of the molecule is CNC(CC1Cc2ccccc21)C1(OC)CCC(C)CC1. The highest BCUT2D eigenvalue weighted by atomic mass is 16.5. The van der Waals surface area contributed by atoms with E-state index in [0.29, 0.717) is 12.0 Å². The van der Waals surface area contributed by atoms with Crippen molar-refractivity contribution in [2.24, 2.45) is 5.92 Å². The number of ether oxygens (including phenoxy) is 1. The Labute approximate surface area is 129 Å². The Morgan fingerprint density at radius 1 is 1.29 bits per heavy atom. The summed E-state index contributed by atoms with van der Waals surface area (Å²) in [6, 6.07) is 9.37. The fraction of sp³-hybridized carbons (Fsp3) is 0.684. The minimum atomic E-state index is 0.0474. The minimum Gasteiger partial charge on any atom is -0.377 e. The number of nitrogens with one attached hydrogen (secondary N) is 1. The molecule has 0 saturated heterocycles. The largest absolute Gasteiger partial charge is 0.377 e. The highest BCUT2D eigenvalue weighted by Gasteiger charge is 2.42. The van der Waals surface area contributed by atoms with E-state index in [1.165, 1.54) is 38.5 Å². The first kappa shape index (κ1) is 15.1. The van der Waals surface area contributed by atoms with Crippen LogP contribution in [0.1, 0.15) is 56.1 Å². The van der Waals surface area contributed by atoms with Gasteiger partial charge in [-0.25, -0.2) is 0 Å². The number of likely N-dealkylation sites (N-methyl/N-ethyl adjacent to an activating group) is 1. The van der Waals surface area contributed by atoms with Crippen LogP contribution in [0.4, 0.5) is 0 Å². The molecule has 2 aliphatic carbocycles. The fourth-order valence-electron chi connectivity index (χ4n) is 4.40. The van der Waals surface area contributed by atoms with Gasteiger partial charge >= 0.3 is 0 Å². The van der Waals surface area contributed by atoms with E-state index in [0.717, 1.165) is 5.92 Å². The van der Waals surface area contributed by atoms with Crippen LogP contribution >= 0.6 is 0 Å². The third kappa shape index (κ3) is 2.76. The second kappa shape index (κ2) is 6.10. The van der Waals surface area contributed by atoms with Crippen LogP contribution < -0.4 is 5.32 Å². The standard InChI is InChI=1S/C19H29NO/c1-14-8-10-19(21-3,11-9-14)18(20-2)13-16-12-15-6-4-5-7-17(15)16/h4-7,14,16,18,20H,8-13H2,1-3H3. The summed E-state index contributed by atoms with van der Waals surface area (Å²) in [5.41, 5.74) is 3.15. The fourth-order valence-corrected chi connectivity index (χ4v) is 4.40. The molecule has 2 unspecified atom stereocenters. The maximum atomic E-state index is 6.08. The monoisotopic (exact) mass is 287 g/mol. The van der Waals surface area contributed by atoms with Crippen molar-refractivity contribution in [2.75, 3.05) is 14.2 Å². The molecule has 3 rings (SSSR count). The molecule has 0 aromatic heterocycles. The Morgan fingerprint density at radius 2 is 2.00 bits per heavy atom. The van der Waals surface area contributed by atoms with Crippen LogP contribution in [0.3, 0.4) is 0 Å². The van der Waals surface area contributed by atoms with Crippen LogP contribution in [0.15, 0.2) is 24.3 Å². The zero-order chi connectivity index (χ0) is 14.9. The molecule has 0 amide bonds. The highest BCUT2D eigenvalue weighted by molar-refractivity contribution is 5.40. The zero-order valence-corrected chi connectivity index (χ0v) is 13.7. The second-order valence-electron chi connectivity index (χ2n) is 7.13. The summed E-state index contributed by atoms with van der Waals surface area (Å²) in [6.07, 6.45) is 7.44. The van der Waals surface area contributed by atoms with Gasteiger partial charge in [-0.05, 0) is 68.5 Å². The van der Waals surface area contributed by atoms with Crippen LogP contribution in [0, 0.1) is 5.92 Å². The number of benzene rings is 1. The van der Waals surface area contributed by atoms with E-state index >= 15 is 0 Å². The predicted octanol–water partition coefficient (Wildman–Crippen LogP) is 3.90. The quantitative estimate of drug-likeness (QED) is 0.887. The Hall–Kier alpha value is -0.860. The van der Waals surface area contributed by atoms with Gasteiger partial charge in [-0.15, -0.1) is 0 Å². The first-order valence-corrected chi connectivity index (χ1v) is 8.49. The molecule has 2 heteroatoms. The van der Waals surface area contributed by atoms with Gasteiger partial charge in [0.2, 0.25) is 0 Å². The molecule has 21 heavy (non-hydrogen) atoms. The maximum Gasteiger partial charge on any atom is 0.0831 e. The van der Waals surface area contributed by atoms with Gasteiger partial charge in [0.1, 0.15) is 0 Å². The molecule has 1 aromatic carbocycles. The van der Waals surface area contributed by atoms with Gasteiger partial charge in [-0.1, -0.05) is 31.2 Å². The molecule has 1 saturated carbocycles. The summed E-state index contributed by atoms with van der Waals surface area (Å²) < 4.78 is 6.08. The van der Waals surface area contributed by atoms with Gasteiger partial charge in [0.15, 0.2) is 0 Å². The second-order valence-corrected chi connectivity index (χ2v) is 7.13. The van der Waals surface area contributed by atoms with Gasteiger partial charge in [0, 0.05) is 13.2 Å². The van der Waals surface area contributed by atoms with Gasteiger partial charge < -0.3 is 10.1 Å². The average Bonchev–Trinajstić information content (AvgIpc) is 2.50. The van der Waals surface area contributed by atoms with Crippen LogP contribution in [0.2, 0.25) is 0 Å². The number of methoxy groups -OCH3 is 1. The van der Waals surface area contributed by atoms with Gasteiger partial charge in [-0.2, -0.15) is 0 Å². The van der Waals surface area contributed by atoms with Gasteiger partial charge in [-0.3, -0.25) is 0 Å². The minimum absolute atomic E-state index is 0.0474. The molecule has 1 aromatic rings. The number of hydrogen-bond donors (Lipinski definition) is 1. The van der Waals surface area contributed by atoms with E-state index in [9.17, 15) is 0 Å². The van der Waals surface area contributed by atoms with E-state index in [1.54, 1.807) is 11.1 Å². The Morgan fingerprint density at radius 3 is 2.62 bits per heavy atom. The summed E-state index contributed by atoms with van der Waals surface area (Å²) in [6.45, 7) is 2.37. The van der Waals surface area contributed by atoms with Crippen molar-refractivity contribution in [3.8, 4) is 0 Å². The lowest BCUT2D eigenvalue weighted by molar-refractivity contribution is -0.0766. The first-order chi connectivity index (χ1) is 10.2. The molecule has 116 valence electrons. The zero-order valence-electron chi connectivity index (χ0n) is 13.7. The van der Waals surface area contributed by atoms with Crippen LogP contribution in [-0.2, 0) is 11.2 Å². The average molecular weight is 287 g/mol. The smallest absolute Gasteiger partial charge is 0.0831 e. The van der Waals surface area contributed by atoms with E-state index < -0.39 is 0 Å². The summed E-state index contributed by atoms with van der Waals surface area (Å²) in [4.78, 5) is 0. The van der Waals surface area contributed by atoms with Crippen molar-refractivity contribution in [3.63, 3.8) is 0 Å². The third-order valence-corrected chi connectivity index (χ3v) is 5.99. The van der Waals surface area contributed by atoms with Gasteiger partial charge in [0.25, 0.3) is 0 Å². The van der Waals surface area contributed by atoms with Crippen LogP contribution in [0.5, 0.6) is 0 Å². The lowest BCUT2D eigenvalue weighted by Crippen LogP contribution is -2.53. The lowest BCUT2D eigenvalue weighted by Gasteiger charge is -2.46. The van der Waals surface area contributed by atoms with Crippen molar-refractivity contribution in [2.45, 2.75) is 63.0 Å². The molecule has 2 atom stereocenters. The summed E-state index contributed by atoms with van der Waals surface area (Å²) in [5.74, 6) is 1.57. The van der Waals surface area contributed by atoms with Crippen LogP contribution in [-0.4, -0.2) is 25.8 Å². The molecule has 2 aliphatic rings. The summed E-state index contributed by atoms with van der Waals surface area (Å²) in [7, 11) is 4.02. The van der Waals surface area contributed by atoms with Crippen molar-refractivity contribution in [1.82, 2.24) is 5.32 Å². The molecule has 0 bridgehead atoms. The molecule has 0 heterocycles. The Kier molecular flexibility index (Phi) is 4.37. The van der Waals surface area contributed by atoms with E-state index in [4.69, 9.17) is 4.74 Å². The van der Waals surface area contributed by atoms with E-state index in [2.05, 4.69) is 43.6 Å². The molecule has 0 aliphatic heterocycles. The number of hydrogen-bond acceptors (Lipinski definition) is 2. The molecule has 0 spiro atoms. The Balaban J connectivity index is 1.70. The van der Waals surface area contributed by atoms with Gasteiger partial charge in [0.05, 0.1) is 5.60 Å². The van der Waals surface area contributed by atoms with Crippen molar-refractivity contribution >= 4 is 0 Å². The summed E-state index contributed by atoms with van der Waals surface area (Å²) in [5, 5.41) is 3.58. The molecule has 2 nitrogen and oxygen atoms in total. The highest BCUT2D eigenvalue weighted by Crippen LogP contribution is 2.43. The van der Waals surface area contributed by atoms with Crippen molar-refractivity contribution in [3.05, 3.63) is 35.4 Å². The number of fused-ring (bicyclic) bond motifs is 1. The van der Waals surface area contributed by atoms with E-state index in [-0.39, 0.29) is 5.60 Å². The lowest BCUT2D eigenvalue weighted by atomic mass is 9.68. The first-order valence-electron chi connectivity index (χ1n) is 8.49. The topological polar surface area (TPSA) is 21.3 Å². The van der Waals surface area contributed by atoms with Crippen molar-refractivity contribution < 1.29 is 4.74 Å². The third-order valence-electron chi connectivity index (χ3n) is 5.99. The molecule has 1 N–H and O–H groups in total.